The van der Waals surface area contributed by atoms with Crippen LogP contribution in [0.4, 0.5) is 5.69 Å². The number of para-hydroxylation sites is 4. The zero-order valence-corrected chi connectivity index (χ0v) is 28.2. The van der Waals surface area contributed by atoms with Crippen LogP contribution in [0, 0.1) is 0 Å². The van der Waals surface area contributed by atoms with Gasteiger partial charge in [0.2, 0.25) is 0 Å². The smallest absolute Gasteiger partial charge is 0.146 e. The van der Waals surface area contributed by atoms with Crippen LogP contribution in [0.5, 0.6) is 0 Å². The highest BCUT2D eigenvalue weighted by molar-refractivity contribution is 6.20. The number of anilines is 1. The molecule has 1 aliphatic heterocycles. The molecule has 0 saturated heterocycles. The van der Waals surface area contributed by atoms with Crippen LogP contribution in [0.25, 0.3) is 65.8 Å². The lowest BCUT2D eigenvalue weighted by atomic mass is 9.95. The van der Waals surface area contributed by atoms with Gasteiger partial charge in [0.1, 0.15) is 6.17 Å². The fourth-order valence-corrected chi connectivity index (χ4v) is 8.45. The normalized spacial score (nSPS) is 14.2. The van der Waals surface area contributed by atoms with Gasteiger partial charge in [-0.2, -0.15) is 0 Å². The Kier molecular flexibility index (Phi) is 6.28. The summed E-state index contributed by atoms with van der Waals surface area (Å²) in [5, 5.41) is 11.1. The predicted molar refractivity (Wildman–Crippen MR) is 218 cm³/mol. The molecule has 0 spiro atoms. The molecule has 1 unspecified atom stereocenters. The number of benzene rings is 8. The topological polar surface area (TPSA) is 34.2 Å². The van der Waals surface area contributed by atoms with E-state index >= 15 is 0 Å². The summed E-state index contributed by atoms with van der Waals surface area (Å²) in [6.45, 7) is 0. The summed E-state index contributed by atoms with van der Waals surface area (Å²) in [7, 11) is 0. The van der Waals surface area contributed by atoms with Crippen LogP contribution in [0.1, 0.15) is 22.9 Å². The van der Waals surface area contributed by atoms with Crippen LogP contribution in [0.3, 0.4) is 0 Å². The third-order valence-corrected chi connectivity index (χ3v) is 10.7. The van der Waals surface area contributed by atoms with E-state index in [4.69, 9.17) is 4.99 Å². The molecule has 11 rings (SSSR count). The Bertz CT molecular complexity index is 3040. The third kappa shape index (κ3) is 4.25. The highest BCUT2D eigenvalue weighted by Gasteiger charge is 2.25. The Balaban J connectivity index is 1.17. The van der Waals surface area contributed by atoms with Crippen molar-refractivity contribution in [2.45, 2.75) is 6.17 Å². The van der Waals surface area contributed by atoms with Crippen molar-refractivity contribution in [2.24, 2.45) is 4.99 Å². The van der Waals surface area contributed by atoms with Gasteiger partial charge < -0.3 is 14.5 Å². The highest BCUT2D eigenvalue weighted by atomic mass is 15.1. The van der Waals surface area contributed by atoms with Crippen LogP contribution in [0.2, 0.25) is 0 Å². The van der Waals surface area contributed by atoms with E-state index in [1.807, 2.05) is 0 Å². The van der Waals surface area contributed by atoms with Gasteiger partial charge in [-0.3, -0.25) is 4.99 Å². The first-order valence-electron chi connectivity index (χ1n) is 17.8. The maximum Gasteiger partial charge on any atom is 0.146 e. The number of fused-ring (bicyclic) bond motifs is 8. The average molecular weight is 665 g/mol. The number of hydrogen-bond acceptors (Lipinski definition) is 2. The molecule has 0 amide bonds. The SMILES string of the molecule is c1ccc(C2=NC(c3ccc(-n4c5ccccc5c5cc6c7ccccc7n(-c7ccccc7)c6cc54)c4ccccc34)Nc3ccccc32)cc1. The lowest BCUT2D eigenvalue weighted by molar-refractivity contribution is 0.836. The fraction of sp³-hybridized carbons (Fsp3) is 0.0208. The van der Waals surface area contributed by atoms with Crippen molar-refractivity contribution in [3.05, 3.63) is 199 Å². The minimum absolute atomic E-state index is 0.247. The molecule has 3 heterocycles. The number of rotatable bonds is 4. The van der Waals surface area contributed by atoms with Crippen LogP contribution in [-0.2, 0) is 0 Å². The number of hydrogen-bond donors (Lipinski definition) is 1. The average Bonchev–Trinajstić information content (AvgIpc) is 3.71. The second-order valence-corrected chi connectivity index (χ2v) is 13.6. The minimum Gasteiger partial charge on any atom is -0.359 e. The summed E-state index contributed by atoms with van der Waals surface area (Å²) < 4.78 is 4.87. The molecule has 1 atom stereocenters. The predicted octanol–water partition coefficient (Wildman–Crippen LogP) is 12.0. The summed E-state index contributed by atoms with van der Waals surface area (Å²) in [5.74, 6) is 0. The summed E-state index contributed by atoms with van der Waals surface area (Å²) >= 11 is 0. The maximum absolute atomic E-state index is 5.40. The van der Waals surface area contributed by atoms with Crippen molar-refractivity contribution >= 4 is 65.8 Å². The Morgan fingerprint density at radius 3 is 1.75 bits per heavy atom. The Hall–Kier alpha value is -6.91. The van der Waals surface area contributed by atoms with Gasteiger partial charge in [0.05, 0.1) is 33.5 Å². The third-order valence-electron chi connectivity index (χ3n) is 10.7. The number of aromatic nitrogens is 2. The van der Waals surface area contributed by atoms with Crippen LogP contribution in [0.15, 0.2) is 187 Å². The lowest BCUT2D eigenvalue weighted by Crippen LogP contribution is -2.21. The first-order valence-corrected chi connectivity index (χ1v) is 17.8. The Morgan fingerprint density at radius 2 is 1.00 bits per heavy atom. The van der Waals surface area contributed by atoms with E-state index in [0.717, 1.165) is 39.5 Å². The van der Waals surface area contributed by atoms with Crippen molar-refractivity contribution < 1.29 is 0 Å². The Labute approximate surface area is 300 Å². The van der Waals surface area contributed by atoms with Gasteiger partial charge in [0.15, 0.2) is 0 Å². The van der Waals surface area contributed by atoms with Crippen LogP contribution >= 0.6 is 0 Å². The van der Waals surface area contributed by atoms with E-state index in [9.17, 15) is 0 Å². The van der Waals surface area contributed by atoms with E-state index in [2.05, 4.69) is 196 Å². The van der Waals surface area contributed by atoms with Gasteiger partial charge in [0.25, 0.3) is 0 Å². The standard InChI is InChI=1S/C48H32N4/c1-3-15-31(16-4-1)47-38-23-9-12-24-41(38)49-48(50-47)37-27-28-44(34-20-8-7-19-33(34)37)52-43-26-14-11-22-36(43)40-29-39-35-21-10-13-25-42(35)51(45(39)30-46(40)52)32-17-5-2-6-18-32/h1-30,48-49H. The van der Waals surface area contributed by atoms with Gasteiger partial charge in [-0.15, -0.1) is 0 Å². The highest BCUT2D eigenvalue weighted by Crippen LogP contribution is 2.42. The second kappa shape index (κ2) is 11.3. The molecule has 10 aromatic rings. The molecule has 0 bridgehead atoms. The first-order chi connectivity index (χ1) is 25.8. The van der Waals surface area contributed by atoms with Crippen LogP contribution < -0.4 is 5.32 Å². The number of nitrogens with zero attached hydrogens (tertiary/aromatic N) is 3. The molecule has 0 aliphatic carbocycles. The molecule has 1 N–H and O–H groups in total. The Morgan fingerprint density at radius 1 is 0.423 bits per heavy atom. The molecule has 0 saturated carbocycles. The minimum atomic E-state index is -0.247. The van der Waals surface area contributed by atoms with E-state index in [0.29, 0.717) is 0 Å². The maximum atomic E-state index is 5.40. The quantitative estimate of drug-likeness (QED) is 0.200. The van der Waals surface area contributed by atoms with Crippen molar-refractivity contribution in [3.8, 4) is 11.4 Å². The lowest BCUT2D eigenvalue weighted by Gasteiger charge is -2.27. The van der Waals surface area contributed by atoms with Crippen molar-refractivity contribution in [2.75, 3.05) is 5.32 Å². The van der Waals surface area contributed by atoms with Crippen molar-refractivity contribution in [3.63, 3.8) is 0 Å². The van der Waals surface area contributed by atoms with Gasteiger partial charge in [-0.1, -0.05) is 133 Å². The summed E-state index contributed by atoms with van der Waals surface area (Å²) in [6.07, 6.45) is -0.247. The molecule has 4 heteroatoms. The zero-order chi connectivity index (χ0) is 34.2. The van der Waals surface area contributed by atoms with Gasteiger partial charge >= 0.3 is 0 Å². The van der Waals surface area contributed by atoms with E-state index in [-0.39, 0.29) is 6.17 Å². The molecule has 4 nitrogen and oxygen atoms in total. The van der Waals surface area contributed by atoms with Crippen LogP contribution in [-0.4, -0.2) is 14.8 Å². The van der Waals surface area contributed by atoms with Crippen molar-refractivity contribution in [1.29, 1.82) is 0 Å². The van der Waals surface area contributed by atoms with E-state index in [1.165, 1.54) is 54.4 Å². The summed E-state index contributed by atoms with van der Waals surface area (Å²) in [5.41, 5.74) is 12.6. The molecule has 2 aromatic heterocycles. The zero-order valence-electron chi connectivity index (χ0n) is 28.2. The summed E-state index contributed by atoms with van der Waals surface area (Å²) in [4.78, 5) is 5.40. The molecule has 0 fully saturated rings. The summed E-state index contributed by atoms with van der Waals surface area (Å²) in [6, 6.07) is 65.5. The fourth-order valence-electron chi connectivity index (χ4n) is 8.45. The number of aliphatic imine (C=N–C) groups is 1. The molecule has 0 radical (unpaired) electrons. The molecular weight excluding hydrogens is 633 g/mol. The molecule has 1 aliphatic rings. The largest absolute Gasteiger partial charge is 0.359 e. The van der Waals surface area contributed by atoms with Crippen molar-refractivity contribution in [1.82, 2.24) is 9.13 Å². The van der Waals surface area contributed by atoms with Gasteiger partial charge in [-0.05, 0) is 53.9 Å². The van der Waals surface area contributed by atoms with Gasteiger partial charge in [-0.25, -0.2) is 0 Å². The van der Waals surface area contributed by atoms with E-state index in [1.54, 1.807) is 0 Å². The van der Waals surface area contributed by atoms with Gasteiger partial charge in [0, 0.05) is 55.0 Å². The second-order valence-electron chi connectivity index (χ2n) is 13.6. The molecule has 8 aromatic carbocycles. The molecule has 244 valence electrons. The number of nitrogens with one attached hydrogen (secondary N) is 1. The molecule has 52 heavy (non-hydrogen) atoms. The molecular formula is C48H32N4. The van der Waals surface area contributed by atoms with E-state index < -0.39 is 0 Å². The monoisotopic (exact) mass is 664 g/mol. The first kappa shape index (κ1) is 28.9.